The fourth-order valence-corrected chi connectivity index (χ4v) is 5.23. The van der Waals surface area contributed by atoms with E-state index in [1.54, 1.807) is 0 Å². The number of rotatable bonds is 2. The maximum absolute atomic E-state index is 12.2. The van der Waals surface area contributed by atoms with Crippen LogP contribution >= 0.6 is 11.8 Å². The highest BCUT2D eigenvalue weighted by molar-refractivity contribution is 7.99. The van der Waals surface area contributed by atoms with Crippen LogP contribution in [0.5, 0.6) is 0 Å². The van der Waals surface area contributed by atoms with Gasteiger partial charge in [-0.1, -0.05) is 25.7 Å². The molecule has 2 atom stereocenters. The molecule has 3 aliphatic rings. The van der Waals surface area contributed by atoms with Gasteiger partial charge >= 0.3 is 6.03 Å². The van der Waals surface area contributed by atoms with E-state index in [-0.39, 0.29) is 17.7 Å². The second kappa shape index (κ2) is 7.23. The lowest BCUT2D eigenvalue weighted by molar-refractivity contribution is -0.0684. The minimum absolute atomic E-state index is 0.0367. The number of urea groups is 1. The molecule has 0 unspecified atom stereocenters. The first kappa shape index (κ1) is 15.5. The zero-order valence-electron chi connectivity index (χ0n) is 12.9. The van der Waals surface area contributed by atoms with Crippen LogP contribution in [0.25, 0.3) is 0 Å². The van der Waals surface area contributed by atoms with Crippen molar-refractivity contribution in [3.05, 3.63) is 0 Å². The van der Waals surface area contributed by atoms with Crippen LogP contribution < -0.4 is 10.6 Å². The molecule has 0 aromatic rings. The number of thioether (sulfide) groups is 1. The third kappa shape index (κ3) is 4.28. The molecule has 1 spiro atoms. The predicted molar refractivity (Wildman–Crippen MR) is 86.8 cm³/mol. The van der Waals surface area contributed by atoms with Gasteiger partial charge in [0.2, 0.25) is 0 Å². The molecule has 3 rings (SSSR count). The summed E-state index contributed by atoms with van der Waals surface area (Å²) in [6.07, 6.45) is 10.5. The zero-order chi connectivity index (χ0) is 14.5. The van der Waals surface area contributed by atoms with Crippen molar-refractivity contribution in [2.45, 2.75) is 75.5 Å². The maximum atomic E-state index is 12.2. The van der Waals surface area contributed by atoms with Crippen molar-refractivity contribution in [3.63, 3.8) is 0 Å². The van der Waals surface area contributed by atoms with Gasteiger partial charge in [0.15, 0.2) is 0 Å². The number of ether oxygens (including phenoxy) is 1. The van der Waals surface area contributed by atoms with Crippen molar-refractivity contribution in [2.75, 3.05) is 18.1 Å². The Kier molecular flexibility index (Phi) is 5.33. The average Bonchev–Trinajstić information content (AvgIpc) is 2.74. The molecule has 2 aliphatic heterocycles. The average molecular weight is 312 g/mol. The highest BCUT2D eigenvalue weighted by Gasteiger charge is 2.40. The summed E-state index contributed by atoms with van der Waals surface area (Å²) in [5, 5.41) is 6.39. The van der Waals surface area contributed by atoms with Crippen LogP contribution in [-0.4, -0.2) is 41.8 Å². The van der Waals surface area contributed by atoms with Gasteiger partial charge in [-0.3, -0.25) is 0 Å². The van der Waals surface area contributed by atoms with Crippen molar-refractivity contribution in [3.8, 4) is 0 Å². The van der Waals surface area contributed by atoms with Gasteiger partial charge in [0.25, 0.3) is 0 Å². The van der Waals surface area contributed by atoms with E-state index in [4.69, 9.17) is 4.74 Å². The van der Waals surface area contributed by atoms with E-state index in [1.807, 2.05) is 11.8 Å². The minimum Gasteiger partial charge on any atom is -0.374 e. The number of hydrogen-bond donors (Lipinski definition) is 2. The van der Waals surface area contributed by atoms with Gasteiger partial charge in [0, 0.05) is 24.4 Å². The molecule has 2 amide bonds. The van der Waals surface area contributed by atoms with Crippen LogP contribution in [0.1, 0.15) is 57.8 Å². The summed E-state index contributed by atoms with van der Waals surface area (Å²) in [5.41, 5.74) is 0.0448. The lowest BCUT2D eigenvalue weighted by Gasteiger charge is -2.38. The van der Waals surface area contributed by atoms with Gasteiger partial charge in [-0.15, -0.1) is 0 Å². The summed E-state index contributed by atoms with van der Waals surface area (Å²) < 4.78 is 6.01. The summed E-state index contributed by atoms with van der Waals surface area (Å²) in [5.74, 6) is 2.29. The van der Waals surface area contributed by atoms with Gasteiger partial charge in [-0.25, -0.2) is 4.79 Å². The topological polar surface area (TPSA) is 50.4 Å². The van der Waals surface area contributed by atoms with Gasteiger partial charge in [0.1, 0.15) is 0 Å². The fourth-order valence-electron chi connectivity index (χ4n) is 3.85. The maximum Gasteiger partial charge on any atom is 0.315 e. The molecule has 5 heteroatoms. The first-order valence-corrected chi connectivity index (χ1v) is 9.70. The number of nitrogens with one attached hydrogen (secondary N) is 2. The van der Waals surface area contributed by atoms with E-state index in [0.29, 0.717) is 6.04 Å². The first-order valence-electron chi connectivity index (χ1n) is 8.55. The van der Waals surface area contributed by atoms with Crippen molar-refractivity contribution in [2.24, 2.45) is 0 Å². The number of hydrogen-bond acceptors (Lipinski definition) is 3. The standard InChI is InChI=1S/C16H28N2O2S/c19-15(17-13-5-3-1-2-4-6-13)18-14-7-9-20-16(11-14)8-10-21-12-16/h13-14H,1-12H2,(H2,17,18,19)/t14-,16+/m1/s1. The Morgan fingerprint density at radius 2 is 1.81 bits per heavy atom. The summed E-state index contributed by atoms with van der Waals surface area (Å²) in [6, 6.07) is 0.696. The third-order valence-corrected chi connectivity index (χ3v) is 6.31. The van der Waals surface area contributed by atoms with Crippen LogP contribution in [0, 0.1) is 0 Å². The minimum atomic E-state index is 0.0367. The van der Waals surface area contributed by atoms with Crippen LogP contribution in [0.2, 0.25) is 0 Å². The summed E-state index contributed by atoms with van der Waals surface area (Å²) in [6.45, 7) is 0.787. The molecule has 1 saturated carbocycles. The second-order valence-electron chi connectivity index (χ2n) is 6.83. The van der Waals surface area contributed by atoms with Crippen LogP contribution in [0.15, 0.2) is 0 Å². The van der Waals surface area contributed by atoms with Gasteiger partial charge in [-0.2, -0.15) is 11.8 Å². The van der Waals surface area contributed by atoms with Gasteiger partial charge in [-0.05, 0) is 37.9 Å². The number of carbonyl (C=O) groups excluding carboxylic acids is 1. The Morgan fingerprint density at radius 3 is 2.52 bits per heavy atom. The Morgan fingerprint density at radius 1 is 1.05 bits per heavy atom. The monoisotopic (exact) mass is 312 g/mol. The van der Waals surface area contributed by atoms with Gasteiger partial charge < -0.3 is 15.4 Å². The zero-order valence-corrected chi connectivity index (χ0v) is 13.7. The van der Waals surface area contributed by atoms with E-state index in [1.165, 1.54) is 31.4 Å². The molecule has 0 aromatic carbocycles. The van der Waals surface area contributed by atoms with E-state index >= 15 is 0 Å². The van der Waals surface area contributed by atoms with Crippen molar-refractivity contribution in [1.29, 1.82) is 0 Å². The van der Waals surface area contributed by atoms with Crippen molar-refractivity contribution in [1.82, 2.24) is 10.6 Å². The summed E-state index contributed by atoms with van der Waals surface area (Å²) in [7, 11) is 0. The first-order chi connectivity index (χ1) is 10.3. The fraction of sp³-hybridized carbons (Fsp3) is 0.938. The van der Waals surface area contributed by atoms with Crippen LogP contribution in [-0.2, 0) is 4.74 Å². The molecule has 0 radical (unpaired) electrons. The van der Waals surface area contributed by atoms with Crippen LogP contribution in [0.4, 0.5) is 4.79 Å². The molecule has 3 fully saturated rings. The highest BCUT2D eigenvalue weighted by atomic mass is 32.2. The lowest BCUT2D eigenvalue weighted by atomic mass is 9.90. The third-order valence-electron chi connectivity index (χ3n) is 5.09. The molecule has 2 saturated heterocycles. The van der Waals surface area contributed by atoms with Crippen molar-refractivity contribution < 1.29 is 9.53 Å². The Hall–Kier alpha value is -0.420. The van der Waals surface area contributed by atoms with E-state index in [9.17, 15) is 4.79 Å². The van der Waals surface area contributed by atoms with E-state index in [0.717, 1.165) is 44.5 Å². The predicted octanol–water partition coefficient (Wildman–Crippen LogP) is 3.06. The Labute approximate surface area is 132 Å². The van der Waals surface area contributed by atoms with E-state index < -0.39 is 0 Å². The normalized spacial score (nSPS) is 34.6. The van der Waals surface area contributed by atoms with Gasteiger partial charge in [0.05, 0.1) is 5.60 Å². The largest absolute Gasteiger partial charge is 0.374 e. The molecule has 4 nitrogen and oxygen atoms in total. The molecule has 0 bridgehead atoms. The molecule has 0 aromatic heterocycles. The number of carbonyl (C=O) groups is 1. The SMILES string of the molecule is O=C(NC1CCCCCC1)N[C@@H]1CCO[C@@]2(CCSC2)C1. The molecule has 1 aliphatic carbocycles. The second-order valence-corrected chi connectivity index (χ2v) is 7.94. The number of amides is 2. The molecule has 2 N–H and O–H groups in total. The van der Waals surface area contributed by atoms with E-state index in [2.05, 4.69) is 10.6 Å². The smallest absolute Gasteiger partial charge is 0.315 e. The molecule has 120 valence electrons. The van der Waals surface area contributed by atoms with Crippen molar-refractivity contribution >= 4 is 17.8 Å². The quantitative estimate of drug-likeness (QED) is 0.771. The molecular weight excluding hydrogens is 284 g/mol. The summed E-state index contributed by atoms with van der Waals surface area (Å²) >= 11 is 1.98. The highest BCUT2D eigenvalue weighted by Crippen LogP contribution is 2.38. The molecule has 21 heavy (non-hydrogen) atoms. The lowest BCUT2D eigenvalue weighted by Crippen LogP contribution is -2.52. The Balaban J connectivity index is 1.45. The summed E-state index contributed by atoms with van der Waals surface area (Å²) in [4.78, 5) is 12.2. The molecular formula is C16H28N2O2S. The van der Waals surface area contributed by atoms with Crippen LogP contribution in [0.3, 0.4) is 0 Å². The molecule has 2 heterocycles. The Bertz CT molecular complexity index is 350.